The van der Waals surface area contributed by atoms with Crippen LogP contribution >= 0.6 is 15.9 Å². The highest BCUT2D eigenvalue weighted by atomic mass is 79.9. The molecule has 0 aromatic carbocycles. The lowest BCUT2D eigenvalue weighted by atomic mass is 9.93. The van der Waals surface area contributed by atoms with Crippen molar-refractivity contribution >= 4 is 27.5 Å². The molecular formula is C13H18BrN3O. The van der Waals surface area contributed by atoms with E-state index in [0.717, 1.165) is 41.8 Å². The summed E-state index contributed by atoms with van der Waals surface area (Å²) in [6.45, 7) is 4.85. The van der Waals surface area contributed by atoms with Gasteiger partial charge in [-0.15, -0.1) is 0 Å². The molecule has 1 aliphatic heterocycles. The molecule has 1 fully saturated rings. The number of nitrogens with zero attached hydrogens (tertiary/aromatic N) is 1. The third-order valence-corrected chi connectivity index (χ3v) is 4.02. The third-order valence-electron chi connectivity index (χ3n) is 3.58. The molecule has 4 nitrogen and oxygen atoms in total. The molecule has 1 amide bonds. The Balaban J connectivity index is 2.15. The summed E-state index contributed by atoms with van der Waals surface area (Å²) in [6.07, 6.45) is 2.76. The highest BCUT2D eigenvalue weighted by Crippen LogP contribution is 2.25. The number of hydrogen-bond acceptors (Lipinski definition) is 3. The molecule has 98 valence electrons. The molecule has 18 heavy (non-hydrogen) atoms. The van der Waals surface area contributed by atoms with Crippen LogP contribution in [0.5, 0.6) is 0 Å². The smallest absolute Gasteiger partial charge is 0.244 e. The summed E-state index contributed by atoms with van der Waals surface area (Å²) in [5.41, 5.74) is 1.20. The molecule has 1 aromatic rings. The molecule has 2 rings (SSSR count). The van der Waals surface area contributed by atoms with Gasteiger partial charge >= 0.3 is 0 Å². The van der Waals surface area contributed by atoms with Gasteiger partial charge in [-0.3, -0.25) is 4.79 Å². The van der Waals surface area contributed by atoms with Crippen LogP contribution in [0.2, 0.25) is 0 Å². The van der Waals surface area contributed by atoms with Crippen molar-refractivity contribution in [2.45, 2.75) is 38.6 Å². The molecule has 2 heterocycles. The molecule has 1 aromatic heterocycles. The molecule has 1 unspecified atom stereocenters. The normalized spacial score (nSPS) is 23.1. The van der Waals surface area contributed by atoms with Crippen molar-refractivity contribution in [2.75, 3.05) is 11.9 Å². The van der Waals surface area contributed by atoms with Gasteiger partial charge < -0.3 is 10.6 Å². The summed E-state index contributed by atoms with van der Waals surface area (Å²) >= 11 is 3.32. The highest BCUT2D eigenvalue weighted by Gasteiger charge is 2.39. The Labute approximate surface area is 116 Å². The number of carbonyl (C=O) groups excluding carboxylic acids is 1. The minimum Gasteiger partial charge on any atom is -0.323 e. The van der Waals surface area contributed by atoms with E-state index in [9.17, 15) is 4.79 Å². The van der Waals surface area contributed by atoms with E-state index in [1.54, 1.807) is 0 Å². The van der Waals surface area contributed by atoms with Crippen molar-refractivity contribution in [3.05, 3.63) is 22.4 Å². The van der Waals surface area contributed by atoms with E-state index in [1.165, 1.54) is 0 Å². The van der Waals surface area contributed by atoms with Crippen LogP contribution < -0.4 is 10.6 Å². The second kappa shape index (κ2) is 5.36. The predicted molar refractivity (Wildman–Crippen MR) is 75.6 cm³/mol. The first kappa shape index (κ1) is 13.5. The maximum Gasteiger partial charge on any atom is 0.244 e. The van der Waals surface area contributed by atoms with Crippen LogP contribution in [-0.4, -0.2) is 23.0 Å². The zero-order valence-corrected chi connectivity index (χ0v) is 12.3. The summed E-state index contributed by atoms with van der Waals surface area (Å²) in [5.74, 6) is 0.0507. The minimum atomic E-state index is -0.403. The molecule has 1 aliphatic rings. The van der Waals surface area contributed by atoms with E-state index in [0.29, 0.717) is 0 Å². The number of amides is 1. The number of anilines is 1. The van der Waals surface area contributed by atoms with Gasteiger partial charge in [-0.2, -0.15) is 0 Å². The maximum absolute atomic E-state index is 12.4. The fourth-order valence-corrected chi connectivity index (χ4v) is 2.76. The first-order valence-electron chi connectivity index (χ1n) is 6.27. The standard InChI is InChI=1S/C13H18BrN3O/c1-3-13(7-4-8-15-13)12(18)17-10-5-6-11(14)16-9(10)2/h5-6,15H,3-4,7-8H2,1-2H3,(H,17,18). The molecule has 0 radical (unpaired) electrons. The molecule has 0 bridgehead atoms. The van der Waals surface area contributed by atoms with E-state index in [1.807, 2.05) is 26.0 Å². The summed E-state index contributed by atoms with van der Waals surface area (Å²) in [5, 5.41) is 6.32. The van der Waals surface area contributed by atoms with Gasteiger partial charge in [0.1, 0.15) is 4.60 Å². The van der Waals surface area contributed by atoms with Gasteiger partial charge in [0.05, 0.1) is 16.9 Å². The molecule has 0 aliphatic carbocycles. The maximum atomic E-state index is 12.4. The largest absolute Gasteiger partial charge is 0.323 e. The van der Waals surface area contributed by atoms with Gasteiger partial charge in [0, 0.05) is 0 Å². The number of carbonyl (C=O) groups is 1. The van der Waals surface area contributed by atoms with Crippen LogP contribution in [-0.2, 0) is 4.79 Å². The lowest BCUT2D eigenvalue weighted by molar-refractivity contribution is -0.122. The molecule has 1 saturated heterocycles. The lowest BCUT2D eigenvalue weighted by Crippen LogP contribution is -2.50. The first-order chi connectivity index (χ1) is 8.57. The van der Waals surface area contributed by atoms with E-state index in [2.05, 4.69) is 31.5 Å². The van der Waals surface area contributed by atoms with Crippen LogP contribution in [0.25, 0.3) is 0 Å². The SMILES string of the molecule is CCC1(C(=O)Nc2ccc(Br)nc2C)CCCN1. The van der Waals surface area contributed by atoms with Crippen LogP contribution in [0.15, 0.2) is 16.7 Å². The molecule has 0 spiro atoms. The van der Waals surface area contributed by atoms with Gasteiger partial charge in [0.25, 0.3) is 0 Å². The summed E-state index contributed by atoms with van der Waals surface area (Å²) in [4.78, 5) is 16.7. The van der Waals surface area contributed by atoms with Gasteiger partial charge in [-0.05, 0) is 60.8 Å². The lowest BCUT2D eigenvalue weighted by Gasteiger charge is -2.26. The Hall–Kier alpha value is -0.940. The predicted octanol–water partition coefficient (Wildman–Crippen LogP) is 2.62. The second-order valence-electron chi connectivity index (χ2n) is 4.69. The molecule has 1 atom stereocenters. The Morgan fingerprint density at radius 3 is 2.94 bits per heavy atom. The Morgan fingerprint density at radius 1 is 1.61 bits per heavy atom. The quantitative estimate of drug-likeness (QED) is 0.844. The van der Waals surface area contributed by atoms with E-state index < -0.39 is 5.54 Å². The van der Waals surface area contributed by atoms with Crippen molar-refractivity contribution < 1.29 is 4.79 Å². The third kappa shape index (κ3) is 2.57. The fraction of sp³-hybridized carbons (Fsp3) is 0.538. The summed E-state index contributed by atoms with van der Waals surface area (Å²) in [6, 6.07) is 3.71. The monoisotopic (exact) mass is 311 g/mol. The van der Waals surface area contributed by atoms with Gasteiger partial charge in [0.2, 0.25) is 5.91 Å². The Bertz CT molecular complexity index is 456. The number of rotatable bonds is 3. The van der Waals surface area contributed by atoms with Crippen LogP contribution in [0.4, 0.5) is 5.69 Å². The minimum absolute atomic E-state index is 0.0507. The number of pyridine rings is 1. The summed E-state index contributed by atoms with van der Waals surface area (Å²) < 4.78 is 0.780. The number of hydrogen-bond donors (Lipinski definition) is 2. The average molecular weight is 312 g/mol. The number of aryl methyl sites for hydroxylation is 1. The van der Waals surface area contributed by atoms with Gasteiger partial charge in [0.15, 0.2) is 0 Å². The zero-order chi connectivity index (χ0) is 13.2. The van der Waals surface area contributed by atoms with Crippen molar-refractivity contribution in [1.29, 1.82) is 0 Å². The summed E-state index contributed by atoms with van der Waals surface area (Å²) in [7, 11) is 0. The number of halogens is 1. The molecule has 5 heteroatoms. The molecule has 2 N–H and O–H groups in total. The van der Waals surface area contributed by atoms with E-state index >= 15 is 0 Å². The second-order valence-corrected chi connectivity index (χ2v) is 5.50. The first-order valence-corrected chi connectivity index (χ1v) is 7.06. The van der Waals surface area contributed by atoms with Crippen molar-refractivity contribution in [2.24, 2.45) is 0 Å². The van der Waals surface area contributed by atoms with E-state index in [4.69, 9.17) is 0 Å². The van der Waals surface area contributed by atoms with Crippen molar-refractivity contribution in [1.82, 2.24) is 10.3 Å². The zero-order valence-electron chi connectivity index (χ0n) is 10.7. The molecule has 0 saturated carbocycles. The van der Waals surface area contributed by atoms with Gasteiger partial charge in [-0.1, -0.05) is 6.92 Å². The number of nitrogens with one attached hydrogen (secondary N) is 2. The number of aromatic nitrogens is 1. The molecular weight excluding hydrogens is 294 g/mol. The van der Waals surface area contributed by atoms with Crippen molar-refractivity contribution in [3.8, 4) is 0 Å². The Morgan fingerprint density at radius 2 is 2.39 bits per heavy atom. The average Bonchev–Trinajstić information content (AvgIpc) is 2.82. The fourth-order valence-electron chi connectivity index (χ4n) is 2.37. The van der Waals surface area contributed by atoms with Gasteiger partial charge in [-0.25, -0.2) is 4.98 Å². The van der Waals surface area contributed by atoms with Crippen LogP contribution in [0.3, 0.4) is 0 Å². The van der Waals surface area contributed by atoms with E-state index in [-0.39, 0.29) is 5.91 Å². The highest BCUT2D eigenvalue weighted by molar-refractivity contribution is 9.10. The van der Waals surface area contributed by atoms with Crippen LogP contribution in [0.1, 0.15) is 31.9 Å². The van der Waals surface area contributed by atoms with Crippen LogP contribution in [0, 0.1) is 6.92 Å². The topological polar surface area (TPSA) is 54.0 Å². The Kier molecular flexibility index (Phi) is 4.02. The van der Waals surface area contributed by atoms with Crippen molar-refractivity contribution in [3.63, 3.8) is 0 Å².